The van der Waals surface area contributed by atoms with Crippen molar-refractivity contribution in [1.82, 2.24) is 0 Å². The number of hydrogen-bond acceptors (Lipinski definition) is 2. The van der Waals surface area contributed by atoms with E-state index in [1.54, 1.807) is 0 Å². The summed E-state index contributed by atoms with van der Waals surface area (Å²) in [5.74, 6) is 2.41. The Morgan fingerprint density at radius 1 is 0.760 bits per heavy atom. The predicted octanol–water partition coefficient (Wildman–Crippen LogP) is 6.10. The van der Waals surface area contributed by atoms with Crippen molar-refractivity contribution >= 4 is 11.6 Å². The minimum Gasteiger partial charge on any atom is -0.493 e. The van der Waals surface area contributed by atoms with E-state index in [0.29, 0.717) is 12.5 Å². The van der Waals surface area contributed by atoms with E-state index in [1.807, 2.05) is 12.1 Å². The molecule has 0 aromatic heterocycles. The molecule has 0 spiro atoms. The zero-order valence-electron chi connectivity index (χ0n) is 15.5. The fourth-order valence-electron chi connectivity index (χ4n) is 2.30. The predicted molar refractivity (Wildman–Crippen MR) is 106 cm³/mol. The molecule has 0 radical (unpaired) electrons. The first kappa shape index (κ1) is 19.7. The molecule has 0 amide bonds. The normalized spacial score (nSPS) is 13.3. The molecule has 0 aliphatic rings. The fourth-order valence-corrected chi connectivity index (χ4v) is 2.37. The maximum absolute atomic E-state index is 6.08. The van der Waals surface area contributed by atoms with Crippen LogP contribution >= 0.6 is 11.6 Å². The van der Waals surface area contributed by atoms with Crippen LogP contribution in [0.2, 0.25) is 0 Å². The van der Waals surface area contributed by atoms with Gasteiger partial charge >= 0.3 is 0 Å². The maximum atomic E-state index is 6.08. The minimum atomic E-state index is 0.0701. The zero-order valence-corrected chi connectivity index (χ0v) is 16.3. The highest BCUT2D eigenvalue weighted by Gasteiger charge is 2.04. The molecule has 0 N–H and O–H groups in total. The molecule has 0 saturated carbocycles. The average Bonchev–Trinajstić information content (AvgIpc) is 2.66. The van der Waals surface area contributed by atoms with Gasteiger partial charge in [-0.05, 0) is 54.2 Å². The Balaban J connectivity index is 1.85. The molecular weight excluding hydrogens is 332 g/mol. The number of rotatable bonds is 10. The largest absolute Gasteiger partial charge is 0.493 e. The summed E-state index contributed by atoms with van der Waals surface area (Å²) in [6.07, 6.45) is 2.96. The molecule has 2 aromatic carbocycles. The van der Waals surface area contributed by atoms with Crippen molar-refractivity contribution in [2.45, 2.75) is 45.4 Å². The van der Waals surface area contributed by atoms with Crippen LogP contribution in [-0.2, 0) is 6.42 Å². The Kier molecular flexibility index (Phi) is 8.14. The molecule has 25 heavy (non-hydrogen) atoms. The topological polar surface area (TPSA) is 18.5 Å². The van der Waals surface area contributed by atoms with Crippen molar-refractivity contribution in [1.29, 1.82) is 0 Å². The third kappa shape index (κ3) is 6.99. The SMILES string of the molecule is CCC(C)COc1ccc(Cc2ccc(OCC(Cl)CC)cc2)cc1. The first-order valence-electron chi connectivity index (χ1n) is 9.18. The summed E-state index contributed by atoms with van der Waals surface area (Å²) >= 11 is 6.08. The van der Waals surface area contributed by atoms with E-state index in [9.17, 15) is 0 Å². The number of ether oxygens (including phenoxy) is 2. The van der Waals surface area contributed by atoms with E-state index >= 15 is 0 Å². The summed E-state index contributed by atoms with van der Waals surface area (Å²) in [6.45, 7) is 7.78. The molecule has 0 bridgehead atoms. The summed E-state index contributed by atoms with van der Waals surface area (Å²) in [5, 5.41) is 0.0701. The Morgan fingerprint density at radius 2 is 1.24 bits per heavy atom. The molecule has 2 aromatic rings. The lowest BCUT2D eigenvalue weighted by atomic mass is 10.0. The average molecular weight is 361 g/mol. The van der Waals surface area contributed by atoms with Crippen LogP contribution in [0.25, 0.3) is 0 Å². The molecule has 2 unspecified atom stereocenters. The van der Waals surface area contributed by atoms with Crippen molar-refractivity contribution in [2.75, 3.05) is 13.2 Å². The van der Waals surface area contributed by atoms with Crippen LogP contribution in [-0.4, -0.2) is 18.6 Å². The molecule has 0 saturated heterocycles. The summed E-state index contributed by atoms with van der Waals surface area (Å²) in [7, 11) is 0. The number of hydrogen-bond donors (Lipinski definition) is 0. The molecule has 0 aliphatic carbocycles. The highest BCUT2D eigenvalue weighted by atomic mass is 35.5. The van der Waals surface area contributed by atoms with E-state index in [2.05, 4.69) is 57.2 Å². The van der Waals surface area contributed by atoms with Crippen LogP contribution in [0.5, 0.6) is 11.5 Å². The van der Waals surface area contributed by atoms with E-state index in [4.69, 9.17) is 21.1 Å². The van der Waals surface area contributed by atoms with Crippen LogP contribution < -0.4 is 9.47 Å². The number of alkyl halides is 1. The second kappa shape index (κ2) is 10.4. The van der Waals surface area contributed by atoms with Crippen LogP contribution in [0.15, 0.2) is 48.5 Å². The van der Waals surface area contributed by atoms with Gasteiger partial charge in [-0.25, -0.2) is 0 Å². The van der Waals surface area contributed by atoms with Gasteiger partial charge in [0.2, 0.25) is 0 Å². The van der Waals surface area contributed by atoms with Gasteiger partial charge in [-0.1, -0.05) is 51.5 Å². The van der Waals surface area contributed by atoms with Gasteiger partial charge in [0.25, 0.3) is 0 Å². The number of benzene rings is 2. The lowest BCUT2D eigenvalue weighted by molar-refractivity contribution is 0.256. The van der Waals surface area contributed by atoms with Crippen molar-refractivity contribution in [3.63, 3.8) is 0 Å². The second-order valence-electron chi connectivity index (χ2n) is 6.61. The maximum Gasteiger partial charge on any atom is 0.119 e. The van der Waals surface area contributed by atoms with Gasteiger partial charge in [-0.15, -0.1) is 11.6 Å². The molecule has 0 aliphatic heterocycles. The smallest absolute Gasteiger partial charge is 0.119 e. The van der Waals surface area contributed by atoms with Gasteiger partial charge in [-0.2, -0.15) is 0 Å². The van der Waals surface area contributed by atoms with Gasteiger partial charge in [0.1, 0.15) is 18.1 Å². The Hall–Kier alpha value is -1.67. The van der Waals surface area contributed by atoms with Gasteiger partial charge in [0.05, 0.1) is 12.0 Å². The second-order valence-corrected chi connectivity index (χ2v) is 7.22. The molecule has 2 nitrogen and oxygen atoms in total. The van der Waals surface area contributed by atoms with Crippen molar-refractivity contribution < 1.29 is 9.47 Å². The van der Waals surface area contributed by atoms with Gasteiger partial charge in [0, 0.05) is 0 Å². The highest BCUT2D eigenvalue weighted by Crippen LogP contribution is 2.19. The van der Waals surface area contributed by atoms with Crippen molar-refractivity contribution in [3.8, 4) is 11.5 Å². The molecular formula is C22H29ClO2. The van der Waals surface area contributed by atoms with Gasteiger partial charge in [0.15, 0.2) is 0 Å². The van der Waals surface area contributed by atoms with Crippen LogP contribution in [0.1, 0.15) is 44.7 Å². The third-order valence-corrected chi connectivity index (χ3v) is 4.79. The molecule has 3 heteroatoms. The summed E-state index contributed by atoms with van der Waals surface area (Å²) < 4.78 is 11.5. The van der Waals surface area contributed by atoms with Crippen LogP contribution in [0, 0.1) is 5.92 Å². The Bertz CT molecular complexity index is 551. The summed E-state index contributed by atoms with van der Waals surface area (Å²) in [4.78, 5) is 0. The summed E-state index contributed by atoms with van der Waals surface area (Å²) in [5.41, 5.74) is 2.54. The van der Waals surface area contributed by atoms with E-state index in [-0.39, 0.29) is 5.38 Å². The van der Waals surface area contributed by atoms with Crippen LogP contribution in [0.3, 0.4) is 0 Å². The van der Waals surface area contributed by atoms with Crippen LogP contribution in [0.4, 0.5) is 0 Å². The quantitative estimate of drug-likeness (QED) is 0.476. The Labute approximate surface area is 157 Å². The van der Waals surface area contributed by atoms with E-state index in [1.165, 1.54) is 11.1 Å². The highest BCUT2D eigenvalue weighted by molar-refractivity contribution is 6.20. The number of halogens is 1. The molecule has 136 valence electrons. The first-order chi connectivity index (χ1) is 12.1. The first-order valence-corrected chi connectivity index (χ1v) is 9.61. The fraction of sp³-hybridized carbons (Fsp3) is 0.455. The van der Waals surface area contributed by atoms with E-state index in [0.717, 1.165) is 37.4 Å². The van der Waals surface area contributed by atoms with Gasteiger partial charge in [-0.3, -0.25) is 0 Å². The van der Waals surface area contributed by atoms with Gasteiger partial charge < -0.3 is 9.47 Å². The monoisotopic (exact) mass is 360 g/mol. The molecule has 2 rings (SSSR count). The lowest BCUT2D eigenvalue weighted by Crippen LogP contribution is -2.10. The minimum absolute atomic E-state index is 0.0701. The molecule has 0 heterocycles. The van der Waals surface area contributed by atoms with Crippen molar-refractivity contribution in [2.24, 2.45) is 5.92 Å². The Morgan fingerprint density at radius 3 is 1.68 bits per heavy atom. The zero-order chi connectivity index (χ0) is 18.1. The lowest BCUT2D eigenvalue weighted by Gasteiger charge is -2.12. The molecule has 2 atom stereocenters. The van der Waals surface area contributed by atoms with E-state index < -0.39 is 0 Å². The standard InChI is InChI=1S/C22H29ClO2/c1-4-17(3)15-24-21-10-6-18(7-11-21)14-19-8-12-22(13-9-19)25-16-20(23)5-2/h6-13,17,20H,4-5,14-16H2,1-3H3. The third-order valence-electron chi connectivity index (χ3n) is 4.36. The van der Waals surface area contributed by atoms with Crippen molar-refractivity contribution in [3.05, 3.63) is 59.7 Å². The molecule has 0 fully saturated rings. The summed E-state index contributed by atoms with van der Waals surface area (Å²) in [6, 6.07) is 16.6.